The van der Waals surface area contributed by atoms with Gasteiger partial charge in [-0.15, -0.1) is 0 Å². The van der Waals surface area contributed by atoms with Crippen molar-refractivity contribution in [3.8, 4) is 0 Å². The van der Waals surface area contributed by atoms with E-state index in [0.717, 1.165) is 30.5 Å². The van der Waals surface area contributed by atoms with Crippen LogP contribution < -0.4 is 10.2 Å². The number of aryl methyl sites for hydroxylation is 1. The van der Waals surface area contributed by atoms with Crippen LogP contribution in [0.25, 0.3) is 0 Å². The summed E-state index contributed by atoms with van der Waals surface area (Å²) < 4.78 is 5.20. The molecule has 0 radical (unpaired) electrons. The minimum atomic E-state index is -0.0467. The van der Waals surface area contributed by atoms with Crippen molar-refractivity contribution in [2.24, 2.45) is 0 Å². The predicted octanol–water partition coefficient (Wildman–Crippen LogP) is 1.91. The van der Waals surface area contributed by atoms with Crippen LogP contribution in [0.5, 0.6) is 0 Å². The van der Waals surface area contributed by atoms with Crippen LogP contribution in [0.3, 0.4) is 0 Å². The molecule has 1 amide bonds. The minimum Gasteiger partial charge on any atom is -0.459 e. The molecule has 4 rings (SSSR count). The average Bonchev–Trinajstić information content (AvgIpc) is 3.23. The maximum Gasteiger partial charge on any atom is 0.289 e. The maximum absolute atomic E-state index is 12.3. The zero-order chi connectivity index (χ0) is 16.5. The lowest BCUT2D eigenvalue weighted by Gasteiger charge is -2.35. The average molecular weight is 327 g/mol. The number of piperazine rings is 1. The van der Waals surface area contributed by atoms with Crippen molar-refractivity contribution in [2.75, 3.05) is 36.4 Å². The second-order valence-corrected chi connectivity index (χ2v) is 6.33. The highest BCUT2D eigenvalue weighted by Gasteiger charge is 2.25. The van der Waals surface area contributed by atoms with Crippen molar-refractivity contribution in [1.29, 1.82) is 0 Å². The summed E-state index contributed by atoms with van der Waals surface area (Å²) in [6.45, 7) is 4.75. The first-order chi connectivity index (χ1) is 11.7. The number of aromatic nitrogens is 2. The second kappa shape index (κ2) is 6.14. The van der Waals surface area contributed by atoms with Crippen LogP contribution >= 0.6 is 0 Å². The topological polar surface area (TPSA) is 74.5 Å². The molecular formula is C17H21N5O2. The first kappa shape index (κ1) is 15.0. The molecule has 3 heterocycles. The van der Waals surface area contributed by atoms with Crippen LogP contribution in [0.1, 0.15) is 29.2 Å². The zero-order valence-electron chi connectivity index (χ0n) is 13.7. The molecule has 0 spiro atoms. The van der Waals surface area contributed by atoms with Gasteiger partial charge in [-0.3, -0.25) is 4.79 Å². The van der Waals surface area contributed by atoms with Crippen LogP contribution in [-0.2, 0) is 0 Å². The number of rotatable bonds is 4. The van der Waals surface area contributed by atoms with Crippen molar-refractivity contribution < 1.29 is 9.21 Å². The van der Waals surface area contributed by atoms with Gasteiger partial charge in [-0.2, -0.15) is 0 Å². The van der Waals surface area contributed by atoms with Gasteiger partial charge < -0.3 is 19.5 Å². The van der Waals surface area contributed by atoms with Crippen LogP contribution in [0, 0.1) is 6.92 Å². The lowest BCUT2D eigenvalue weighted by atomic mass is 10.2. The van der Waals surface area contributed by atoms with Crippen LogP contribution in [0.2, 0.25) is 0 Å². The predicted molar refractivity (Wildman–Crippen MR) is 90.2 cm³/mol. The third-order valence-corrected chi connectivity index (χ3v) is 4.38. The fourth-order valence-electron chi connectivity index (χ4n) is 2.92. The summed E-state index contributed by atoms with van der Waals surface area (Å²) >= 11 is 0. The number of carbonyl (C=O) groups is 1. The first-order valence-corrected chi connectivity index (χ1v) is 8.39. The molecule has 1 saturated heterocycles. The molecule has 1 N–H and O–H groups in total. The molecule has 2 aromatic rings. The van der Waals surface area contributed by atoms with Crippen LogP contribution in [-0.4, -0.2) is 53.0 Å². The highest BCUT2D eigenvalue weighted by atomic mass is 16.3. The second-order valence-electron chi connectivity index (χ2n) is 6.33. The van der Waals surface area contributed by atoms with E-state index in [9.17, 15) is 4.79 Å². The van der Waals surface area contributed by atoms with Gasteiger partial charge in [0.1, 0.15) is 17.5 Å². The van der Waals surface area contributed by atoms with Gasteiger partial charge in [0.2, 0.25) is 0 Å². The Kier molecular flexibility index (Phi) is 3.84. The van der Waals surface area contributed by atoms with Crippen molar-refractivity contribution >= 4 is 17.5 Å². The van der Waals surface area contributed by atoms with E-state index < -0.39 is 0 Å². The fraction of sp³-hybridized carbons (Fsp3) is 0.471. The molecule has 24 heavy (non-hydrogen) atoms. The van der Waals surface area contributed by atoms with E-state index in [1.807, 2.05) is 17.9 Å². The van der Waals surface area contributed by atoms with Crippen molar-refractivity contribution in [3.63, 3.8) is 0 Å². The molecule has 7 nitrogen and oxygen atoms in total. The van der Waals surface area contributed by atoms with Gasteiger partial charge in [-0.25, -0.2) is 9.97 Å². The quantitative estimate of drug-likeness (QED) is 0.925. The van der Waals surface area contributed by atoms with Crippen molar-refractivity contribution in [1.82, 2.24) is 14.9 Å². The highest BCUT2D eigenvalue weighted by molar-refractivity contribution is 5.91. The Balaban J connectivity index is 1.42. The molecule has 126 valence electrons. The minimum absolute atomic E-state index is 0.0467. The largest absolute Gasteiger partial charge is 0.459 e. The van der Waals surface area contributed by atoms with Crippen molar-refractivity contribution in [2.45, 2.75) is 25.8 Å². The van der Waals surface area contributed by atoms with Crippen LogP contribution in [0.15, 0.2) is 28.9 Å². The molecule has 1 saturated carbocycles. The summed E-state index contributed by atoms with van der Waals surface area (Å²) in [6, 6.07) is 6.02. The van der Waals surface area contributed by atoms with E-state index in [1.165, 1.54) is 19.1 Å². The van der Waals surface area contributed by atoms with E-state index in [1.54, 1.807) is 12.1 Å². The summed E-state index contributed by atoms with van der Waals surface area (Å²) in [7, 11) is 0. The van der Waals surface area contributed by atoms with Gasteiger partial charge in [0.15, 0.2) is 5.76 Å². The SMILES string of the molecule is Cc1nc(NC2CC2)cc(N2CCN(C(=O)c3ccco3)CC2)n1. The molecule has 2 fully saturated rings. The van der Waals surface area contributed by atoms with E-state index in [4.69, 9.17) is 4.42 Å². The lowest BCUT2D eigenvalue weighted by Crippen LogP contribution is -2.49. The Morgan fingerprint density at radius 3 is 2.71 bits per heavy atom. The standard InChI is InChI=1S/C17H21N5O2/c1-12-18-15(20-13-4-5-13)11-16(19-12)21-6-8-22(9-7-21)17(23)14-3-2-10-24-14/h2-3,10-11,13H,4-9H2,1H3,(H,18,19,20). The number of furan rings is 1. The number of hydrogen-bond donors (Lipinski definition) is 1. The fourth-order valence-corrected chi connectivity index (χ4v) is 2.92. The third kappa shape index (κ3) is 3.20. The van der Waals surface area contributed by atoms with Gasteiger partial charge in [0.05, 0.1) is 6.26 Å². The van der Waals surface area contributed by atoms with Gasteiger partial charge in [-0.1, -0.05) is 0 Å². The number of carbonyl (C=O) groups excluding carboxylic acids is 1. The Morgan fingerprint density at radius 2 is 2.04 bits per heavy atom. The van der Waals surface area contributed by atoms with Gasteiger partial charge in [0, 0.05) is 38.3 Å². The highest BCUT2D eigenvalue weighted by Crippen LogP contribution is 2.25. The van der Waals surface area contributed by atoms with Crippen LogP contribution in [0.4, 0.5) is 11.6 Å². The maximum atomic E-state index is 12.3. The number of amides is 1. The molecule has 0 atom stereocenters. The van der Waals surface area contributed by atoms with Crippen molar-refractivity contribution in [3.05, 3.63) is 36.0 Å². The summed E-state index contributed by atoms with van der Waals surface area (Å²) in [5.74, 6) is 2.95. The van der Waals surface area contributed by atoms with E-state index >= 15 is 0 Å². The summed E-state index contributed by atoms with van der Waals surface area (Å²) in [4.78, 5) is 25.4. The van der Waals surface area contributed by atoms with Gasteiger partial charge >= 0.3 is 0 Å². The number of nitrogens with one attached hydrogen (secondary N) is 1. The smallest absolute Gasteiger partial charge is 0.289 e. The number of anilines is 2. The summed E-state index contributed by atoms with van der Waals surface area (Å²) in [6.07, 6.45) is 3.96. The van der Waals surface area contributed by atoms with E-state index in [0.29, 0.717) is 24.9 Å². The molecular weight excluding hydrogens is 306 g/mol. The molecule has 0 bridgehead atoms. The molecule has 7 heteroatoms. The Hall–Kier alpha value is -2.57. The van der Waals surface area contributed by atoms with Gasteiger partial charge in [-0.05, 0) is 31.9 Å². The molecule has 0 aromatic carbocycles. The third-order valence-electron chi connectivity index (χ3n) is 4.38. The monoisotopic (exact) mass is 327 g/mol. The summed E-state index contributed by atoms with van der Waals surface area (Å²) in [5.41, 5.74) is 0. The zero-order valence-corrected chi connectivity index (χ0v) is 13.7. The molecule has 2 aliphatic rings. The normalized spacial score (nSPS) is 17.9. The molecule has 1 aliphatic carbocycles. The van der Waals surface area contributed by atoms with E-state index in [-0.39, 0.29) is 5.91 Å². The molecule has 1 aliphatic heterocycles. The Bertz CT molecular complexity index is 719. The molecule has 0 unspecified atom stereocenters. The van der Waals surface area contributed by atoms with Gasteiger partial charge in [0.25, 0.3) is 5.91 Å². The first-order valence-electron chi connectivity index (χ1n) is 8.39. The Morgan fingerprint density at radius 1 is 1.25 bits per heavy atom. The number of nitrogens with zero attached hydrogens (tertiary/aromatic N) is 4. The lowest BCUT2D eigenvalue weighted by molar-refractivity contribution is 0.0714. The molecule has 2 aromatic heterocycles. The summed E-state index contributed by atoms with van der Waals surface area (Å²) in [5, 5.41) is 3.43. The van der Waals surface area contributed by atoms with E-state index in [2.05, 4.69) is 20.2 Å². The number of hydrogen-bond acceptors (Lipinski definition) is 6. The Labute approximate surface area is 140 Å².